The molecule has 1 saturated carbocycles. The van der Waals surface area contributed by atoms with Crippen molar-refractivity contribution in [3.05, 3.63) is 58.8 Å². The second kappa shape index (κ2) is 9.51. The number of amides is 1. The Labute approximate surface area is 199 Å². The van der Waals surface area contributed by atoms with Crippen LogP contribution in [-0.4, -0.2) is 53.8 Å². The van der Waals surface area contributed by atoms with Crippen molar-refractivity contribution in [3.8, 4) is 17.0 Å². The molecule has 2 aliphatic rings. The number of benzene rings is 1. The summed E-state index contributed by atoms with van der Waals surface area (Å²) >= 11 is 1.73. The van der Waals surface area contributed by atoms with E-state index in [9.17, 15) is 4.79 Å². The van der Waals surface area contributed by atoms with Gasteiger partial charge >= 0.3 is 0 Å². The molecule has 33 heavy (non-hydrogen) atoms. The number of rotatable bonds is 6. The van der Waals surface area contributed by atoms with E-state index in [4.69, 9.17) is 4.74 Å². The average Bonchev–Trinajstić information content (AvgIpc) is 3.58. The van der Waals surface area contributed by atoms with Crippen molar-refractivity contribution >= 4 is 23.1 Å². The lowest BCUT2D eigenvalue weighted by molar-refractivity contribution is -0.137. The maximum absolute atomic E-state index is 13.6. The molecule has 0 N–H and O–H groups in total. The maximum Gasteiger partial charge on any atom is 0.234 e. The first-order valence-electron chi connectivity index (χ1n) is 11.8. The maximum atomic E-state index is 13.6. The summed E-state index contributed by atoms with van der Waals surface area (Å²) in [4.78, 5) is 19.1. The van der Waals surface area contributed by atoms with Gasteiger partial charge in [0.15, 0.2) is 5.82 Å². The summed E-state index contributed by atoms with van der Waals surface area (Å²) in [5.41, 5.74) is 1.56. The molecule has 1 aliphatic heterocycles. The molecular weight excluding hydrogens is 432 g/mol. The van der Waals surface area contributed by atoms with Gasteiger partial charge in [0.1, 0.15) is 5.75 Å². The lowest BCUT2D eigenvalue weighted by atomic mass is 9.82. The van der Waals surface area contributed by atoms with E-state index >= 15 is 0 Å². The zero-order chi connectivity index (χ0) is 22.7. The van der Waals surface area contributed by atoms with Crippen LogP contribution in [0.2, 0.25) is 0 Å². The molecule has 1 aliphatic carbocycles. The largest absolute Gasteiger partial charge is 0.494 e. The second-order valence-electron chi connectivity index (χ2n) is 8.78. The highest BCUT2D eigenvalue weighted by Crippen LogP contribution is 2.44. The molecule has 1 amide bonds. The molecule has 0 radical (unpaired) electrons. The number of hydrogen-bond acceptors (Lipinski definition) is 6. The zero-order valence-electron chi connectivity index (χ0n) is 19.1. The number of anilines is 1. The zero-order valence-corrected chi connectivity index (χ0v) is 19.9. The van der Waals surface area contributed by atoms with Crippen LogP contribution in [0.3, 0.4) is 0 Å². The third kappa shape index (κ3) is 4.34. The van der Waals surface area contributed by atoms with Gasteiger partial charge in [0.25, 0.3) is 0 Å². The Hall–Kier alpha value is -2.93. The van der Waals surface area contributed by atoms with Crippen LogP contribution >= 0.6 is 11.3 Å². The minimum Gasteiger partial charge on any atom is -0.494 e. The van der Waals surface area contributed by atoms with Gasteiger partial charge in [-0.15, -0.1) is 21.5 Å². The van der Waals surface area contributed by atoms with Gasteiger partial charge < -0.3 is 14.5 Å². The molecule has 1 saturated heterocycles. The number of aromatic nitrogens is 2. The van der Waals surface area contributed by atoms with Gasteiger partial charge in [-0.3, -0.25) is 4.79 Å². The predicted octanol–water partition coefficient (Wildman–Crippen LogP) is 4.76. The number of ether oxygens (including phenoxy) is 1. The van der Waals surface area contributed by atoms with Crippen molar-refractivity contribution in [1.29, 1.82) is 0 Å². The summed E-state index contributed by atoms with van der Waals surface area (Å²) in [5.74, 6) is 2.04. The fraction of sp³-hybridized carbons (Fsp3) is 0.423. The van der Waals surface area contributed by atoms with E-state index in [-0.39, 0.29) is 5.41 Å². The molecule has 3 heterocycles. The van der Waals surface area contributed by atoms with Gasteiger partial charge in [-0.2, -0.15) is 0 Å². The van der Waals surface area contributed by atoms with Crippen LogP contribution in [0, 0.1) is 0 Å². The number of carbonyl (C=O) groups is 1. The molecule has 0 bridgehead atoms. The van der Waals surface area contributed by atoms with E-state index in [0.717, 1.165) is 74.7 Å². The highest BCUT2D eigenvalue weighted by molar-refractivity contribution is 7.10. The molecule has 3 aromatic rings. The van der Waals surface area contributed by atoms with E-state index in [1.54, 1.807) is 11.3 Å². The lowest BCUT2D eigenvalue weighted by Gasteiger charge is -2.39. The van der Waals surface area contributed by atoms with Crippen LogP contribution in [0.1, 0.15) is 37.5 Å². The van der Waals surface area contributed by atoms with E-state index in [0.29, 0.717) is 12.5 Å². The minimum absolute atomic E-state index is 0.296. The average molecular weight is 463 g/mol. The Kier molecular flexibility index (Phi) is 6.31. The Morgan fingerprint density at radius 1 is 1.00 bits per heavy atom. The number of piperazine rings is 1. The van der Waals surface area contributed by atoms with E-state index < -0.39 is 0 Å². The quantitative estimate of drug-likeness (QED) is 0.528. The first kappa shape index (κ1) is 21.9. The van der Waals surface area contributed by atoms with Crippen LogP contribution in [0.4, 0.5) is 5.82 Å². The van der Waals surface area contributed by atoms with E-state index in [2.05, 4.69) is 37.5 Å². The highest BCUT2D eigenvalue weighted by Gasteiger charge is 2.46. The Morgan fingerprint density at radius 3 is 2.36 bits per heavy atom. The summed E-state index contributed by atoms with van der Waals surface area (Å²) in [6.07, 6.45) is 4.23. The van der Waals surface area contributed by atoms with E-state index in [1.807, 2.05) is 43.3 Å². The molecule has 0 unspecified atom stereocenters. The first-order valence-corrected chi connectivity index (χ1v) is 12.7. The van der Waals surface area contributed by atoms with Crippen LogP contribution < -0.4 is 9.64 Å². The van der Waals surface area contributed by atoms with Crippen molar-refractivity contribution in [1.82, 2.24) is 15.1 Å². The van der Waals surface area contributed by atoms with Crippen molar-refractivity contribution in [2.45, 2.75) is 38.0 Å². The van der Waals surface area contributed by atoms with Crippen molar-refractivity contribution in [3.63, 3.8) is 0 Å². The van der Waals surface area contributed by atoms with Crippen LogP contribution in [0.5, 0.6) is 5.75 Å². The molecule has 0 atom stereocenters. The lowest BCUT2D eigenvalue weighted by Crippen LogP contribution is -2.54. The third-order valence-corrected chi connectivity index (χ3v) is 7.94. The summed E-state index contributed by atoms with van der Waals surface area (Å²) in [6, 6.07) is 16.2. The second-order valence-corrected chi connectivity index (χ2v) is 9.73. The van der Waals surface area contributed by atoms with Gasteiger partial charge in [-0.05, 0) is 67.6 Å². The summed E-state index contributed by atoms with van der Waals surface area (Å²) in [7, 11) is 0. The topological polar surface area (TPSA) is 58.6 Å². The fourth-order valence-electron chi connectivity index (χ4n) is 5.07. The first-order chi connectivity index (χ1) is 16.2. The molecule has 7 heteroatoms. The van der Waals surface area contributed by atoms with Crippen molar-refractivity contribution in [2.24, 2.45) is 0 Å². The summed E-state index contributed by atoms with van der Waals surface area (Å²) < 4.78 is 5.51. The molecule has 2 aromatic heterocycles. The van der Waals surface area contributed by atoms with Crippen LogP contribution in [0.15, 0.2) is 53.9 Å². The monoisotopic (exact) mass is 462 g/mol. The molecule has 172 valence electrons. The Morgan fingerprint density at radius 2 is 1.76 bits per heavy atom. The van der Waals surface area contributed by atoms with E-state index in [1.165, 1.54) is 4.88 Å². The molecule has 6 nitrogen and oxygen atoms in total. The molecule has 0 spiro atoms. The molecule has 2 fully saturated rings. The van der Waals surface area contributed by atoms with Gasteiger partial charge in [-0.25, -0.2) is 0 Å². The Bertz CT molecular complexity index is 1050. The predicted molar refractivity (Wildman–Crippen MR) is 132 cm³/mol. The molecular formula is C26H30N4O2S. The smallest absolute Gasteiger partial charge is 0.234 e. The van der Waals surface area contributed by atoms with Crippen LogP contribution in [-0.2, 0) is 10.2 Å². The van der Waals surface area contributed by atoms with Crippen LogP contribution in [0.25, 0.3) is 11.3 Å². The molecule has 1 aromatic carbocycles. The van der Waals surface area contributed by atoms with Gasteiger partial charge in [-0.1, -0.05) is 18.9 Å². The normalized spacial score (nSPS) is 17.8. The van der Waals surface area contributed by atoms with Gasteiger partial charge in [0.2, 0.25) is 5.91 Å². The number of carbonyl (C=O) groups excluding carboxylic acids is 1. The SMILES string of the molecule is CCOc1ccc(-c2ccc(N3CCN(C(=O)C4(c5cccs5)CCCC4)CC3)nn2)cc1. The van der Waals surface area contributed by atoms with Gasteiger partial charge in [0.05, 0.1) is 17.7 Å². The summed E-state index contributed by atoms with van der Waals surface area (Å²) in [5, 5.41) is 11.0. The Balaban J connectivity index is 1.22. The third-order valence-electron chi connectivity index (χ3n) is 6.86. The standard InChI is InChI=1S/C26H30N4O2S/c1-2-32-21-9-7-20(8-10-21)22-11-12-24(28-27-22)29-15-17-30(18-16-29)25(31)26(13-3-4-14-26)23-6-5-19-33-23/h5-12,19H,2-4,13-18H2,1H3. The van der Waals surface area contributed by atoms with Crippen molar-refractivity contribution in [2.75, 3.05) is 37.7 Å². The number of thiophene rings is 1. The fourth-order valence-corrected chi connectivity index (χ4v) is 6.05. The van der Waals surface area contributed by atoms with Crippen molar-refractivity contribution < 1.29 is 9.53 Å². The number of nitrogens with zero attached hydrogens (tertiary/aromatic N) is 4. The summed E-state index contributed by atoms with van der Waals surface area (Å²) in [6.45, 7) is 5.65. The van der Waals surface area contributed by atoms with Gasteiger partial charge in [0, 0.05) is 36.6 Å². The minimum atomic E-state index is -0.296. The highest BCUT2D eigenvalue weighted by atomic mass is 32.1. The molecule has 5 rings (SSSR count). The number of hydrogen-bond donors (Lipinski definition) is 0.